The maximum absolute atomic E-state index is 11.5. The van der Waals surface area contributed by atoms with Crippen LogP contribution in [0.15, 0.2) is 0 Å². The first-order chi connectivity index (χ1) is 7.52. The van der Waals surface area contributed by atoms with Crippen LogP contribution < -0.4 is 5.32 Å². The van der Waals surface area contributed by atoms with Crippen molar-refractivity contribution in [1.82, 2.24) is 10.2 Å². The van der Waals surface area contributed by atoms with Crippen LogP contribution in [-0.4, -0.2) is 49.6 Å². The van der Waals surface area contributed by atoms with Gasteiger partial charge in [0.2, 0.25) is 5.91 Å². The second kappa shape index (κ2) is 5.84. The zero-order valence-electron chi connectivity index (χ0n) is 10.2. The lowest BCUT2D eigenvalue weighted by Crippen LogP contribution is -2.41. The monoisotopic (exact) mass is 228 g/mol. The van der Waals surface area contributed by atoms with Gasteiger partial charge in [0.05, 0.1) is 20.1 Å². The first-order valence-electron chi connectivity index (χ1n) is 5.59. The molecular formula is C11H20N2O3. The Bertz CT molecular complexity index is 264. The summed E-state index contributed by atoms with van der Waals surface area (Å²) in [4.78, 5) is 24.4. The number of hydrogen-bond acceptors (Lipinski definition) is 4. The number of nitrogens with zero attached hydrogens (tertiary/aromatic N) is 1. The maximum atomic E-state index is 11.5. The third kappa shape index (κ3) is 4.61. The number of amides is 1. The van der Waals surface area contributed by atoms with E-state index in [1.807, 2.05) is 18.9 Å². The minimum atomic E-state index is -0.248. The van der Waals surface area contributed by atoms with Crippen LogP contribution in [0.1, 0.15) is 26.2 Å². The van der Waals surface area contributed by atoms with Crippen LogP contribution in [0.4, 0.5) is 0 Å². The topological polar surface area (TPSA) is 58.6 Å². The van der Waals surface area contributed by atoms with Gasteiger partial charge in [-0.2, -0.15) is 0 Å². The third-order valence-electron chi connectivity index (χ3n) is 2.78. The summed E-state index contributed by atoms with van der Waals surface area (Å²) >= 11 is 0. The standard InChI is InChI=1S/C11H20N2O3/c1-8(6-11(15)16-3)13(2)7-10(14)12-9-4-5-9/h8-9H,4-7H2,1-3H3,(H,12,14). The quantitative estimate of drug-likeness (QED) is 0.657. The molecule has 1 atom stereocenters. The normalized spacial score (nSPS) is 17.0. The smallest absolute Gasteiger partial charge is 0.307 e. The highest BCUT2D eigenvalue weighted by atomic mass is 16.5. The van der Waals surface area contributed by atoms with Crippen molar-refractivity contribution in [2.45, 2.75) is 38.3 Å². The summed E-state index contributed by atoms with van der Waals surface area (Å²) in [5.41, 5.74) is 0. The van der Waals surface area contributed by atoms with E-state index in [0.717, 1.165) is 12.8 Å². The van der Waals surface area contributed by atoms with Crippen molar-refractivity contribution in [3.8, 4) is 0 Å². The molecule has 5 nitrogen and oxygen atoms in total. The summed E-state index contributed by atoms with van der Waals surface area (Å²) < 4.78 is 4.58. The van der Waals surface area contributed by atoms with E-state index in [1.165, 1.54) is 7.11 Å². The minimum Gasteiger partial charge on any atom is -0.469 e. The molecule has 1 saturated carbocycles. The van der Waals surface area contributed by atoms with Crippen LogP contribution in [0.3, 0.4) is 0 Å². The van der Waals surface area contributed by atoms with Gasteiger partial charge in [0.1, 0.15) is 0 Å². The Morgan fingerprint density at radius 1 is 1.50 bits per heavy atom. The zero-order chi connectivity index (χ0) is 12.1. The van der Waals surface area contributed by atoms with Gasteiger partial charge in [0.25, 0.3) is 0 Å². The predicted octanol–water partition coefficient (Wildman–Crippen LogP) is 0.148. The number of likely N-dealkylation sites (N-methyl/N-ethyl adjacent to an activating group) is 1. The molecule has 0 radical (unpaired) electrons. The minimum absolute atomic E-state index is 0.0115. The van der Waals surface area contributed by atoms with Crippen LogP contribution in [0.25, 0.3) is 0 Å². The van der Waals surface area contributed by atoms with Gasteiger partial charge >= 0.3 is 5.97 Å². The molecule has 92 valence electrons. The van der Waals surface area contributed by atoms with Crippen LogP contribution in [0.5, 0.6) is 0 Å². The van der Waals surface area contributed by atoms with E-state index in [0.29, 0.717) is 19.0 Å². The number of methoxy groups -OCH3 is 1. The number of carbonyl (C=O) groups excluding carboxylic acids is 2. The Balaban J connectivity index is 2.23. The van der Waals surface area contributed by atoms with E-state index in [-0.39, 0.29) is 17.9 Å². The fourth-order valence-electron chi connectivity index (χ4n) is 1.36. The lowest BCUT2D eigenvalue weighted by atomic mass is 10.2. The maximum Gasteiger partial charge on any atom is 0.307 e. The van der Waals surface area contributed by atoms with Crippen molar-refractivity contribution in [3.63, 3.8) is 0 Å². The van der Waals surface area contributed by atoms with Crippen LogP contribution in [-0.2, 0) is 14.3 Å². The Kier molecular flexibility index (Phi) is 4.73. The largest absolute Gasteiger partial charge is 0.469 e. The van der Waals surface area contributed by atoms with Crippen molar-refractivity contribution in [1.29, 1.82) is 0 Å². The fraction of sp³-hybridized carbons (Fsp3) is 0.818. The van der Waals surface area contributed by atoms with Gasteiger partial charge in [0.15, 0.2) is 0 Å². The molecule has 0 saturated heterocycles. The van der Waals surface area contributed by atoms with Gasteiger partial charge in [-0.15, -0.1) is 0 Å². The summed E-state index contributed by atoms with van der Waals surface area (Å²) in [5, 5.41) is 2.91. The molecule has 0 aromatic carbocycles. The molecule has 1 unspecified atom stereocenters. The highest BCUT2D eigenvalue weighted by Gasteiger charge is 2.24. The molecule has 1 amide bonds. The number of carbonyl (C=O) groups is 2. The van der Waals surface area contributed by atoms with Crippen LogP contribution in [0, 0.1) is 0 Å². The van der Waals surface area contributed by atoms with Gasteiger partial charge in [0, 0.05) is 12.1 Å². The molecule has 0 aromatic rings. The lowest BCUT2D eigenvalue weighted by molar-refractivity contribution is -0.142. The average Bonchev–Trinajstić information content (AvgIpc) is 3.00. The molecule has 0 spiro atoms. The van der Waals surface area contributed by atoms with Crippen molar-refractivity contribution in [2.24, 2.45) is 0 Å². The number of hydrogen-bond donors (Lipinski definition) is 1. The van der Waals surface area contributed by atoms with Crippen molar-refractivity contribution in [3.05, 3.63) is 0 Å². The van der Waals surface area contributed by atoms with Gasteiger partial charge in [-0.25, -0.2) is 0 Å². The van der Waals surface area contributed by atoms with Gasteiger partial charge in [-0.05, 0) is 26.8 Å². The van der Waals surface area contributed by atoms with Crippen LogP contribution in [0.2, 0.25) is 0 Å². The Morgan fingerprint density at radius 2 is 2.12 bits per heavy atom. The van der Waals surface area contributed by atoms with Gasteiger partial charge in [-0.3, -0.25) is 14.5 Å². The first-order valence-corrected chi connectivity index (χ1v) is 5.59. The summed E-state index contributed by atoms with van der Waals surface area (Å²) in [5.74, 6) is -0.219. The molecule has 0 aromatic heterocycles. The number of esters is 1. The molecule has 0 aliphatic heterocycles. The molecule has 0 bridgehead atoms. The van der Waals surface area contributed by atoms with E-state index in [4.69, 9.17) is 0 Å². The Hall–Kier alpha value is -1.10. The highest BCUT2D eigenvalue weighted by molar-refractivity contribution is 5.78. The van der Waals surface area contributed by atoms with Crippen molar-refractivity contribution >= 4 is 11.9 Å². The third-order valence-corrected chi connectivity index (χ3v) is 2.78. The second-order valence-electron chi connectivity index (χ2n) is 4.39. The summed E-state index contributed by atoms with van der Waals surface area (Å²) in [7, 11) is 3.20. The predicted molar refractivity (Wildman–Crippen MR) is 59.9 cm³/mol. The molecule has 0 heterocycles. The van der Waals surface area contributed by atoms with E-state index in [1.54, 1.807) is 0 Å². The number of rotatable bonds is 6. The summed E-state index contributed by atoms with van der Waals surface area (Å²) in [6.45, 7) is 2.23. The molecule has 1 N–H and O–H groups in total. The molecule has 1 fully saturated rings. The SMILES string of the molecule is COC(=O)CC(C)N(C)CC(=O)NC1CC1. The molecule has 1 aliphatic rings. The van der Waals surface area contributed by atoms with E-state index in [9.17, 15) is 9.59 Å². The fourth-order valence-corrected chi connectivity index (χ4v) is 1.36. The molecular weight excluding hydrogens is 208 g/mol. The van der Waals surface area contributed by atoms with Crippen LogP contribution >= 0.6 is 0 Å². The van der Waals surface area contributed by atoms with Gasteiger partial charge in [-0.1, -0.05) is 0 Å². The van der Waals surface area contributed by atoms with E-state index < -0.39 is 0 Å². The Morgan fingerprint density at radius 3 is 2.62 bits per heavy atom. The summed E-state index contributed by atoms with van der Waals surface area (Å²) in [6.07, 6.45) is 2.49. The number of ether oxygens (including phenoxy) is 1. The van der Waals surface area contributed by atoms with Crippen molar-refractivity contribution in [2.75, 3.05) is 20.7 Å². The highest BCUT2D eigenvalue weighted by Crippen LogP contribution is 2.18. The first kappa shape index (κ1) is 13.0. The molecule has 1 rings (SSSR count). The van der Waals surface area contributed by atoms with E-state index in [2.05, 4.69) is 10.1 Å². The average molecular weight is 228 g/mol. The van der Waals surface area contributed by atoms with Gasteiger partial charge < -0.3 is 10.1 Å². The summed E-state index contributed by atoms with van der Waals surface area (Å²) in [6, 6.07) is 0.397. The second-order valence-corrected chi connectivity index (χ2v) is 4.39. The molecule has 5 heteroatoms. The Labute approximate surface area is 96.1 Å². The lowest BCUT2D eigenvalue weighted by Gasteiger charge is -2.23. The molecule has 16 heavy (non-hydrogen) atoms. The molecule has 1 aliphatic carbocycles. The van der Waals surface area contributed by atoms with E-state index >= 15 is 0 Å². The number of nitrogens with one attached hydrogen (secondary N) is 1. The van der Waals surface area contributed by atoms with Crippen molar-refractivity contribution < 1.29 is 14.3 Å². The zero-order valence-corrected chi connectivity index (χ0v) is 10.2.